The van der Waals surface area contributed by atoms with Crippen LogP contribution >= 0.6 is 0 Å². The normalized spacial score (nSPS) is 21.0. The fourth-order valence-corrected chi connectivity index (χ4v) is 3.35. The van der Waals surface area contributed by atoms with Crippen LogP contribution in [0.1, 0.15) is 19.3 Å². The molecule has 1 atom stereocenters. The fourth-order valence-electron chi connectivity index (χ4n) is 2.25. The van der Waals surface area contributed by atoms with E-state index in [1.165, 1.54) is 31.4 Å². The van der Waals surface area contributed by atoms with Crippen molar-refractivity contribution in [3.63, 3.8) is 0 Å². The summed E-state index contributed by atoms with van der Waals surface area (Å²) in [6, 6.07) is 5.66. The van der Waals surface area contributed by atoms with Crippen LogP contribution in [-0.2, 0) is 14.8 Å². The number of methoxy groups -OCH3 is 1. The Bertz CT molecular complexity index is 684. The zero-order chi connectivity index (χ0) is 16.9. The van der Waals surface area contributed by atoms with Crippen molar-refractivity contribution in [3.8, 4) is 0 Å². The molecule has 0 heterocycles. The van der Waals surface area contributed by atoms with E-state index >= 15 is 0 Å². The van der Waals surface area contributed by atoms with E-state index in [0.717, 1.165) is 12.8 Å². The number of allylic oxidation sites excluding steroid dienone is 1. The van der Waals surface area contributed by atoms with Crippen molar-refractivity contribution < 1.29 is 23.1 Å². The highest BCUT2D eigenvalue weighted by atomic mass is 32.2. The van der Waals surface area contributed by atoms with Crippen molar-refractivity contribution in [1.29, 1.82) is 0 Å². The number of hydrogen-bond acceptors (Lipinski definition) is 5. The second-order valence-corrected chi connectivity index (χ2v) is 7.13. The Labute approximate surface area is 135 Å². The van der Waals surface area contributed by atoms with Gasteiger partial charge in [0.25, 0.3) is 0 Å². The highest BCUT2D eigenvalue weighted by Crippen LogP contribution is 2.22. The van der Waals surface area contributed by atoms with Gasteiger partial charge in [-0.3, -0.25) is 5.32 Å². The van der Waals surface area contributed by atoms with Crippen LogP contribution in [0.5, 0.6) is 0 Å². The lowest BCUT2D eigenvalue weighted by atomic mass is 9.91. The third-order valence-corrected chi connectivity index (χ3v) is 4.99. The topological polar surface area (TPSA) is 105 Å². The van der Waals surface area contributed by atoms with E-state index in [1.807, 2.05) is 6.08 Å². The molecule has 3 N–H and O–H groups in total. The van der Waals surface area contributed by atoms with Crippen molar-refractivity contribution in [2.45, 2.75) is 29.8 Å². The maximum Gasteiger partial charge on any atom is 0.411 e. The summed E-state index contributed by atoms with van der Waals surface area (Å²) in [6.45, 7) is -0.0754. The Hall–Kier alpha value is -1.90. The Balaban J connectivity index is 2.03. The van der Waals surface area contributed by atoms with E-state index in [1.54, 1.807) is 6.08 Å². The molecule has 0 bridgehead atoms. The van der Waals surface area contributed by atoms with E-state index in [-0.39, 0.29) is 11.4 Å². The first-order valence-corrected chi connectivity index (χ1v) is 8.68. The van der Waals surface area contributed by atoms with E-state index in [9.17, 15) is 18.3 Å². The van der Waals surface area contributed by atoms with Crippen molar-refractivity contribution in [3.05, 3.63) is 36.4 Å². The van der Waals surface area contributed by atoms with E-state index < -0.39 is 21.7 Å². The molecule has 0 saturated heterocycles. The molecule has 1 aromatic carbocycles. The minimum atomic E-state index is -3.74. The summed E-state index contributed by atoms with van der Waals surface area (Å²) in [7, 11) is -2.50. The van der Waals surface area contributed by atoms with Gasteiger partial charge in [-0.1, -0.05) is 12.2 Å². The monoisotopic (exact) mass is 340 g/mol. The van der Waals surface area contributed by atoms with Crippen LogP contribution in [-0.4, -0.2) is 38.9 Å². The third-order valence-electron chi connectivity index (χ3n) is 3.57. The predicted molar refractivity (Wildman–Crippen MR) is 85.6 cm³/mol. The van der Waals surface area contributed by atoms with Crippen LogP contribution in [0.25, 0.3) is 0 Å². The first-order chi connectivity index (χ1) is 10.8. The van der Waals surface area contributed by atoms with Crippen LogP contribution in [0.4, 0.5) is 10.5 Å². The van der Waals surface area contributed by atoms with Gasteiger partial charge in [-0.15, -0.1) is 0 Å². The number of sulfonamides is 1. The molecule has 23 heavy (non-hydrogen) atoms. The minimum absolute atomic E-state index is 0.0521. The van der Waals surface area contributed by atoms with Gasteiger partial charge in [0.1, 0.15) is 0 Å². The molecule has 7 nitrogen and oxygen atoms in total. The zero-order valence-corrected chi connectivity index (χ0v) is 13.6. The van der Waals surface area contributed by atoms with Crippen LogP contribution in [0, 0.1) is 0 Å². The summed E-state index contributed by atoms with van der Waals surface area (Å²) in [5.41, 5.74) is -0.720. The molecular weight excluding hydrogens is 320 g/mol. The lowest BCUT2D eigenvalue weighted by Gasteiger charge is -2.27. The number of rotatable bonds is 5. The van der Waals surface area contributed by atoms with Crippen molar-refractivity contribution in [2.24, 2.45) is 0 Å². The van der Waals surface area contributed by atoms with Gasteiger partial charge in [-0.05, 0) is 43.5 Å². The highest BCUT2D eigenvalue weighted by molar-refractivity contribution is 7.89. The van der Waals surface area contributed by atoms with Gasteiger partial charge in [-0.25, -0.2) is 17.9 Å². The van der Waals surface area contributed by atoms with Crippen LogP contribution in [0.3, 0.4) is 0 Å². The molecule has 0 saturated carbocycles. The lowest BCUT2D eigenvalue weighted by Crippen LogP contribution is -2.42. The Morgan fingerprint density at radius 1 is 1.35 bits per heavy atom. The van der Waals surface area contributed by atoms with Crippen molar-refractivity contribution >= 4 is 21.8 Å². The molecule has 0 fully saturated rings. The molecular formula is C15H20N2O5S. The zero-order valence-electron chi connectivity index (χ0n) is 12.8. The Morgan fingerprint density at radius 2 is 2.04 bits per heavy atom. The van der Waals surface area contributed by atoms with Crippen molar-refractivity contribution in [2.75, 3.05) is 19.0 Å². The second kappa shape index (κ2) is 7.12. The number of benzene rings is 1. The molecule has 126 valence electrons. The quantitative estimate of drug-likeness (QED) is 0.707. The predicted octanol–water partition coefficient (Wildman–Crippen LogP) is 1.61. The number of carbonyl (C=O) groups is 1. The summed E-state index contributed by atoms with van der Waals surface area (Å²) < 4.78 is 31.4. The molecule has 0 aromatic heterocycles. The molecule has 1 amide bonds. The van der Waals surface area contributed by atoms with Gasteiger partial charge in [0.2, 0.25) is 10.0 Å². The average molecular weight is 340 g/mol. The number of carbonyl (C=O) groups excluding carboxylic acids is 1. The standard InChI is InChI=1S/C15H20N2O5S/c1-22-14(18)17-12-5-7-13(8-6-12)23(20,21)16-11-15(19)9-3-2-4-10-15/h3,5-9,16,19H,2,4,10-11H2,1H3,(H,17,18). The Kier molecular flexibility index (Phi) is 5.40. The van der Waals surface area contributed by atoms with Gasteiger partial charge in [-0.2, -0.15) is 0 Å². The summed E-state index contributed by atoms with van der Waals surface area (Å²) in [4.78, 5) is 11.1. The molecule has 2 rings (SSSR count). The molecule has 0 aliphatic heterocycles. The first kappa shape index (κ1) is 17.5. The van der Waals surface area contributed by atoms with E-state index in [4.69, 9.17) is 0 Å². The summed E-state index contributed by atoms with van der Waals surface area (Å²) in [5, 5.41) is 12.7. The summed E-state index contributed by atoms with van der Waals surface area (Å²) in [5.74, 6) is 0. The van der Waals surface area contributed by atoms with Gasteiger partial charge >= 0.3 is 6.09 Å². The molecule has 0 radical (unpaired) electrons. The third kappa shape index (κ3) is 4.78. The van der Waals surface area contributed by atoms with Crippen molar-refractivity contribution in [1.82, 2.24) is 4.72 Å². The number of hydrogen-bond donors (Lipinski definition) is 3. The van der Waals surface area contributed by atoms with Crippen LogP contribution in [0.2, 0.25) is 0 Å². The molecule has 1 aliphatic rings. The molecule has 1 unspecified atom stereocenters. The molecule has 1 aromatic rings. The lowest BCUT2D eigenvalue weighted by molar-refractivity contribution is 0.0797. The van der Waals surface area contributed by atoms with Gasteiger partial charge in [0, 0.05) is 12.2 Å². The highest BCUT2D eigenvalue weighted by Gasteiger charge is 2.27. The number of anilines is 1. The maximum atomic E-state index is 12.2. The fraction of sp³-hybridized carbons (Fsp3) is 0.400. The van der Waals surface area contributed by atoms with Crippen LogP contribution in [0.15, 0.2) is 41.3 Å². The number of aliphatic hydroxyl groups is 1. The minimum Gasteiger partial charge on any atom is -0.453 e. The van der Waals surface area contributed by atoms with Crippen LogP contribution < -0.4 is 10.0 Å². The Morgan fingerprint density at radius 3 is 2.61 bits per heavy atom. The van der Waals surface area contributed by atoms with Gasteiger partial charge in [0.15, 0.2) is 0 Å². The van der Waals surface area contributed by atoms with E-state index in [0.29, 0.717) is 12.1 Å². The SMILES string of the molecule is COC(=O)Nc1ccc(S(=O)(=O)NCC2(O)C=CCCC2)cc1. The number of amides is 1. The first-order valence-electron chi connectivity index (χ1n) is 7.19. The molecule has 0 spiro atoms. The summed E-state index contributed by atoms with van der Waals surface area (Å²) in [6.07, 6.45) is 5.10. The van der Waals surface area contributed by atoms with E-state index in [2.05, 4.69) is 14.8 Å². The summed E-state index contributed by atoms with van der Waals surface area (Å²) >= 11 is 0. The van der Waals surface area contributed by atoms with Gasteiger partial charge in [0.05, 0.1) is 17.6 Å². The number of nitrogens with one attached hydrogen (secondary N) is 2. The molecule has 8 heteroatoms. The largest absolute Gasteiger partial charge is 0.453 e. The maximum absolute atomic E-state index is 12.2. The van der Waals surface area contributed by atoms with Gasteiger partial charge < -0.3 is 9.84 Å². The number of ether oxygens (including phenoxy) is 1. The smallest absolute Gasteiger partial charge is 0.411 e. The second-order valence-electron chi connectivity index (χ2n) is 5.36. The molecule has 1 aliphatic carbocycles. The average Bonchev–Trinajstić information content (AvgIpc) is 2.54.